The highest BCUT2D eigenvalue weighted by Gasteiger charge is 2.38. The molecule has 1 aromatic carbocycles. The van der Waals surface area contributed by atoms with Gasteiger partial charge in [-0.3, -0.25) is 4.79 Å². The van der Waals surface area contributed by atoms with Crippen molar-refractivity contribution >= 4 is 12.0 Å². The van der Waals surface area contributed by atoms with Crippen LogP contribution in [-0.4, -0.2) is 41.1 Å². The number of carbonyl (C=O) groups is 1. The Balaban J connectivity index is 1.62. The fraction of sp³-hybridized carbons (Fsp3) is 0.444. The molecule has 5 nitrogen and oxygen atoms in total. The zero-order valence-corrected chi connectivity index (χ0v) is 13.2. The Labute approximate surface area is 136 Å². The summed E-state index contributed by atoms with van der Waals surface area (Å²) >= 11 is 0. The van der Waals surface area contributed by atoms with Gasteiger partial charge in [0.1, 0.15) is 17.4 Å². The van der Waals surface area contributed by atoms with E-state index >= 15 is 0 Å². The zero-order valence-electron chi connectivity index (χ0n) is 13.2. The lowest BCUT2D eigenvalue weighted by atomic mass is 9.98. The number of nitrogens with zero attached hydrogens (tertiary/aromatic N) is 2. The number of hydrogen-bond donors (Lipinski definition) is 2. The topological polar surface area (TPSA) is 76.4 Å². The summed E-state index contributed by atoms with van der Waals surface area (Å²) in [7, 11) is 2.17. The first-order chi connectivity index (χ1) is 11.1. The number of aromatic hydroxyl groups is 1. The van der Waals surface area contributed by atoms with Gasteiger partial charge in [-0.15, -0.1) is 0 Å². The van der Waals surface area contributed by atoms with Gasteiger partial charge in [0, 0.05) is 24.2 Å². The maximum Gasteiger partial charge on any atom is 0.244 e. The number of phenolic OH excluding ortho intramolecular Hbond substituents is 1. The number of piperidine rings is 1. The van der Waals surface area contributed by atoms with Gasteiger partial charge in [-0.25, -0.2) is 0 Å². The van der Waals surface area contributed by atoms with E-state index in [-0.39, 0.29) is 23.3 Å². The predicted molar refractivity (Wildman–Crippen MR) is 87.6 cm³/mol. The Morgan fingerprint density at radius 2 is 2.09 bits per heavy atom. The van der Waals surface area contributed by atoms with E-state index in [0.29, 0.717) is 17.6 Å². The minimum absolute atomic E-state index is 0.0676. The Morgan fingerprint density at radius 3 is 2.74 bits per heavy atom. The molecule has 3 rings (SSSR count). The summed E-state index contributed by atoms with van der Waals surface area (Å²) in [6, 6.07) is 8.17. The van der Waals surface area contributed by atoms with Crippen LogP contribution in [0, 0.1) is 11.3 Å². The van der Waals surface area contributed by atoms with Crippen LogP contribution >= 0.6 is 0 Å². The number of nitriles is 1. The number of hydrogen-bond acceptors (Lipinski definition) is 4. The van der Waals surface area contributed by atoms with Crippen LogP contribution in [0.2, 0.25) is 0 Å². The number of phenols is 1. The molecule has 5 heteroatoms. The molecule has 120 valence electrons. The molecule has 2 atom stereocenters. The summed E-state index contributed by atoms with van der Waals surface area (Å²) in [4.78, 5) is 14.6. The minimum Gasteiger partial charge on any atom is -0.507 e. The lowest BCUT2D eigenvalue weighted by molar-refractivity contribution is -0.117. The molecule has 2 aliphatic heterocycles. The van der Waals surface area contributed by atoms with Gasteiger partial charge in [0.2, 0.25) is 5.91 Å². The van der Waals surface area contributed by atoms with Crippen molar-refractivity contribution in [1.29, 1.82) is 5.26 Å². The third-order valence-electron chi connectivity index (χ3n) is 5.05. The first-order valence-electron chi connectivity index (χ1n) is 8.01. The van der Waals surface area contributed by atoms with E-state index in [1.165, 1.54) is 25.0 Å². The normalized spacial score (nSPS) is 27.0. The summed E-state index contributed by atoms with van der Waals surface area (Å²) in [5.41, 5.74) is 0.736. The van der Waals surface area contributed by atoms with Crippen LogP contribution < -0.4 is 5.32 Å². The van der Waals surface area contributed by atoms with E-state index in [4.69, 9.17) is 5.26 Å². The first-order valence-corrected chi connectivity index (χ1v) is 8.01. The number of amides is 1. The van der Waals surface area contributed by atoms with Gasteiger partial charge in [0.05, 0.1) is 0 Å². The average molecular weight is 311 g/mol. The molecule has 0 aliphatic carbocycles. The van der Waals surface area contributed by atoms with E-state index in [1.807, 2.05) is 6.07 Å². The van der Waals surface area contributed by atoms with Crippen molar-refractivity contribution in [1.82, 2.24) is 10.2 Å². The van der Waals surface area contributed by atoms with Crippen LogP contribution in [0.5, 0.6) is 5.75 Å². The smallest absolute Gasteiger partial charge is 0.244 e. The third-order valence-corrected chi connectivity index (χ3v) is 5.05. The van der Waals surface area contributed by atoms with E-state index in [1.54, 1.807) is 18.2 Å². The van der Waals surface area contributed by atoms with Crippen molar-refractivity contribution in [2.24, 2.45) is 0 Å². The predicted octanol–water partition coefficient (Wildman–Crippen LogP) is 2.02. The van der Waals surface area contributed by atoms with Gasteiger partial charge in [0.25, 0.3) is 0 Å². The monoisotopic (exact) mass is 311 g/mol. The maximum atomic E-state index is 12.1. The molecule has 2 bridgehead atoms. The van der Waals surface area contributed by atoms with Gasteiger partial charge in [-0.05, 0) is 50.4 Å². The molecule has 1 aromatic rings. The van der Waals surface area contributed by atoms with Crippen LogP contribution in [0.25, 0.3) is 6.08 Å². The third kappa shape index (κ3) is 3.22. The van der Waals surface area contributed by atoms with Crippen molar-refractivity contribution < 1.29 is 9.90 Å². The highest BCUT2D eigenvalue weighted by atomic mass is 16.3. The molecule has 0 aromatic heterocycles. The van der Waals surface area contributed by atoms with Crippen LogP contribution in [-0.2, 0) is 4.79 Å². The van der Waals surface area contributed by atoms with Crippen LogP contribution in [0.15, 0.2) is 24.3 Å². The van der Waals surface area contributed by atoms with Crippen molar-refractivity contribution in [3.05, 3.63) is 35.4 Å². The van der Waals surface area contributed by atoms with Gasteiger partial charge in [-0.2, -0.15) is 5.26 Å². The molecule has 0 saturated carbocycles. The highest BCUT2D eigenvalue weighted by molar-refractivity contribution is 5.92. The fourth-order valence-electron chi connectivity index (χ4n) is 3.76. The van der Waals surface area contributed by atoms with Crippen molar-refractivity contribution in [3.63, 3.8) is 0 Å². The van der Waals surface area contributed by atoms with Gasteiger partial charge in [0.15, 0.2) is 0 Å². The molecular weight excluding hydrogens is 290 g/mol. The van der Waals surface area contributed by atoms with Crippen LogP contribution in [0.3, 0.4) is 0 Å². The summed E-state index contributed by atoms with van der Waals surface area (Å²) < 4.78 is 0. The number of fused-ring (bicyclic) bond motifs is 2. The summed E-state index contributed by atoms with van der Waals surface area (Å²) in [5.74, 6) is -0.215. The minimum atomic E-state index is -0.147. The number of carbonyl (C=O) groups excluding carboxylic acids is 1. The van der Waals surface area contributed by atoms with Gasteiger partial charge >= 0.3 is 0 Å². The highest BCUT2D eigenvalue weighted by Crippen LogP contribution is 2.34. The molecule has 0 spiro atoms. The largest absolute Gasteiger partial charge is 0.507 e. The van der Waals surface area contributed by atoms with E-state index in [9.17, 15) is 9.90 Å². The van der Waals surface area contributed by atoms with E-state index < -0.39 is 0 Å². The second-order valence-electron chi connectivity index (χ2n) is 6.41. The summed E-state index contributed by atoms with van der Waals surface area (Å²) in [6.07, 6.45) is 7.47. The first kappa shape index (κ1) is 15.6. The quantitative estimate of drug-likeness (QED) is 0.837. The molecular formula is C18H21N3O2. The molecule has 2 saturated heterocycles. The Hall–Kier alpha value is -2.32. The van der Waals surface area contributed by atoms with Gasteiger partial charge in [-0.1, -0.05) is 12.1 Å². The van der Waals surface area contributed by atoms with Crippen molar-refractivity contribution in [3.8, 4) is 11.8 Å². The summed E-state index contributed by atoms with van der Waals surface area (Å²) in [6.45, 7) is 0. The molecule has 2 unspecified atom stereocenters. The molecule has 2 N–H and O–H groups in total. The lowest BCUT2D eigenvalue weighted by Crippen LogP contribution is -2.48. The zero-order chi connectivity index (χ0) is 16.4. The molecule has 0 radical (unpaired) electrons. The average Bonchev–Trinajstić information content (AvgIpc) is 2.74. The second-order valence-corrected chi connectivity index (χ2v) is 6.41. The molecule has 1 amide bonds. The van der Waals surface area contributed by atoms with Crippen LogP contribution in [0.1, 0.15) is 36.8 Å². The van der Waals surface area contributed by atoms with E-state index in [2.05, 4.69) is 17.3 Å². The SMILES string of the molecule is CN1C2CCC1CC(NC(=O)/C=C/c1cccc(O)c1C#N)C2. The molecule has 2 aliphatic rings. The van der Waals surface area contributed by atoms with Crippen molar-refractivity contribution in [2.75, 3.05) is 7.05 Å². The van der Waals surface area contributed by atoms with Crippen molar-refractivity contribution in [2.45, 2.75) is 43.8 Å². The number of benzene rings is 1. The van der Waals surface area contributed by atoms with Crippen LogP contribution in [0.4, 0.5) is 0 Å². The molecule has 2 heterocycles. The lowest BCUT2D eigenvalue weighted by Gasteiger charge is -2.36. The summed E-state index contributed by atoms with van der Waals surface area (Å²) in [5, 5.41) is 21.8. The Bertz CT molecular complexity index is 663. The number of rotatable bonds is 3. The van der Waals surface area contributed by atoms with E-state index in [0.717, 1.165) is 12.8 Å². The molecule has 2 fully saturated rings. The Kier molecular flexibility index (Phi) is 4.35. The maximum absolute atomic E-state index is 12.1. The van der Waals surface area contributed by atoms with Gasteiger partial charge < -0.3 is 15.3 Å². The second kappa shape index (κ2) is 6.43. The molecule has 23 heavy (non-hydrogen) atoms. The Morgan fingerprint density at radius 1 is 1.39 bits per heavy atom. The fourth-order valence-corrected chi connectivity index (χ4v) is 3.76. The number of nitrogens with one attached hydrogen (secondary N) is 1. The standard InChI is InChI=1S/C18H21N3O2/c1-21-14-6-7-15(21)10-13(9-14)20-18(23)8-5-12-3-2-4-17(22)16(12)11-19/h2-5,8,13-15,22H,6-7,9-10H2,1H3,(H,20,23)/b8-5+.